The molecule has 8 heteroatoms. The van der Waals surface area contributed by atoms with Crippen LogP contribution in [0.15, 0.2) is 36.0 Å². The van der Waals surface area contributed by atoms with Crippen LogP contribution < -0.4 is 10.9 Å². The van der Waals surface area contributed by atoms with Gasteiger partial charge in [0, 0.05) is 29.5 Å². The molecule has 1 amide bonds. The smallest absolute Gasteiger partial charge is 0.332 e. The Morgan fingerprint density at radius 3 is 2.35 bits per heavy atom. The van der Waals surface area contributed by atoms with Crippen molar-refractivity contribution in [3.63, 3.8) is 0 Å². The molecule has 0 radical (unpaired) electrons. The topological polar surface area (TPSA) is 111 Å². The Balaban J connectivity index is 2.61. The molecule has 0 bridgehead atoms. The lowest BCUT2D eigenvalue weighted by Gasteiger charge is -2.08. The van der Waals surface area contributed by atoms with Crippen LogP contribution in [0.25, 0.3) is 0 Å². The van der Waals surface area contributed by atoms with E-state index in [0.717, 1.165) is 6.08 Å². The molecule has 0 aliphatic heterocycles. The molecule has 0 aliphatic rings. The third-order valence-corrected chi connectivity index (χ3v) is 2.25. The summed E-state index contributed by atoms with van der Waals surface area (Å²) < 4.78 is 4.42. The van der Waals surface area contributed by atoms with Gasteiger partial charge >= 0.3 is 5.97 Å². The lowest BCUT2D eigenvalue weighted by Crippen LogP contribution is -2.36. The minimum absolute atomic E-state index is 0.101. The average molecular weight is 279 g/mol. The molecule has 0 aromatic heterocycles. The van der Waals surface area contributed by atoms with E-state index in [4.69, 9.17) is 0 Å². The van der Waals surface area contributed by atoms with Gasteiger partial charge in [-0.25, -0.2) is 4.79 Å². The van der Waals surface area contributed by atoms with E-state index in [2.05, 4.69) is 15.6 Å². The van der Waals surface area contributed by atoms with E-state index in [0.29, 0.717) is 5.70 Å². The zero-order valence-electron chi connectivity index (χ0n) is 10.9. The number of benzene rings is 1. The summed E-state index contributed by atoms with van der Waals surface area (Å²) in [5.74, 6) is -1.04. The standard InChI is InChI=1S/C12H13N3O5/c1-8(7-11(16)20-2)13-14-12(17)9-3-5-10(6-4-9)15(18)19/h3-7,13H,1-2H3,(H,14,17)/b8-7+. The summed E-state index contributed by atoms with van der Waals surface area (Å²) in [5, 5.41) is 10.5. The first-order valence-corrected chi connectivity index (χ1v) is 5.51. The molecule has 0 saturated heterocycles. The van der Waals surface area contributed by atoms with Crippen LogP contribution in [0.5, 0.6) is 0 Å². The predicted octanol–water partition coefficient (Wildman–Crippen LogP) is 0.906. The SMILES string of the molecule is COC(=O)/C=C(\C)NNC(=O)c1ccc([N+](=O)[O-])cc1. The van der Waals surface area contributed by atoms with Crippen molar-refractivity contribution in [1.82, 2.24) is 10.9 Å². The fraction of sp³-hybridized carbons (Fsp3) is 0.167. The number of rotatable bonds is 5. The van der Waals surface area contributed by atoms with Crippen LogP contribution in [0.2, 0.25) is 0 Å². The number of hydrogen-bond acceptors (Lipinski definition) is 6. The van der Waals surface area contributed by atoms with Gasteiger partial charge in [-0.2, -0.15) is 0 Å². The minimum Gasteiger partial charge on any atom is -0.466 e. The average Bonchev–Trinajstić information content (AvgIpc) is 2.44. The van der Waals surface area contributed by atoms with Gasteiger partial charge in [0.25, 0.3) is 11.6 Å². The number of ether oxygens (including phenoxy) is 1. The van der Waals surface area contributed by atoms with Gasteiger partial charge in [0.2, 0.25) is 0 Å². The highest BCUT2D eigenvalue weighted by Crippen LogP contribution is 2.11. The maximum atomic E-state index is 11.7. The maximum Gasteiger partial charge on any atom is 0.332 e. The monoisotopic (exact) mass is 279 g/mol. The first kappa shape index (κ1) is 15.2. The van der Waals surface area contributed by atoms with Gasteiger partial charge in [0.05, 0.1) is 12.0 Å². The Labute approximate surface area is 114 Å². The van der Waals surface area contributed by atoms with Gasteiger partial charge in [0.1, 0.15) is 0 Å². The molecule has 1 rings (SSSR count). The fourth-order valence-electron chi connectivity index (χ4n) is 1.23. The van der Waals surface area contributed by atoms with Gasteiger partial charge in [-0.15, -0.1) is 0 Å². The van der Waals surface area contributed by atoms with E-state index in [9.17, 15) is 19.7 Å². The largest absolute Gasteiger partial charge is 0.466 e. The number of amides is 1. The molecular weight excluding hydrogens is 266 g/mol. The summed E-state index contributed by atoms with van der Waals surface area (Å²) >= 11 is 0. The summed E-state index contributed by atoms with van der Waals surface area (Å²) in [7, 11) is 1.24. The number of allylic oxidation sites excluding steroid dienone is 1. The molecule has 0 unspecified atom stereocenters. The zero-order valence-corrected chi connectivity index (χ0v) is 10.9. The highest BCUT2D eigenvalue weighted by atomic mass is 16.6. The van der Waals surface area contributed by atoms with Crippen molar-refractivity contribution < 1.29 is 19.2 Å². The minimum atomic E-state index is -0.556. The lowest BCUT2D eigenvalue weighted by molar-refractivity contribution is -0.384. The molecular formula is C12H13N3O5. The van der Waals surface area contributed by atoms with Crippen LogP contribution in [0.1, 0.15) is 17.3 Å². The second kappa shape index (κ2) is 6.88. The van der Waals surface area contributed by atoms with Gasteiger partial charge in [-0.3, -0.25) is 20.3 Å². The Morgan fingerprint density at radius 2 is 1.85 bits per heavy atom. The van der Waals surface area contributed by atoms with Crippen LogP contribution in [-0.4, -0.2) is 23.9 Å². The van der Waals surface area contributed by atoms with E-state index >= 15 is 0 Å². The molecule has 0 fully saturated rings. The summed E-state index contributed by atoms with van der Waals surface area (Å²) in [6.45, 7) is 1.56. The van der Waals surface area contributed by atoms with Crippen LogP contribution >= 0.6 is 0 Å². The highest BCUT2D eigenvalue weighted by molar-refractivity contribution is 5.94. The van der Waals surface area contributed by atoms with Crippen LogP contribution in [-0.2, 0) is 9.53 Å². The summed E-state index contributed by atoms with van der Waals surface area (Å²) in [4.78, 5) is 32.5. The van der Waals surface area contributed by atoms with Crippen LogP contribution in [0.4, 0.5) is 5.69 Å². The maximum absolute atomic E-state index is 11.7. The number of methoxy groups -OCH3 is 1. The number of nitrogens with one attached hydrogen (secondary N) is 2. The normalized spacial score (nSPS) is 10.6. The number of hydrazine groups is 1. The molecule has 2 N–H and O–H groups in total. The number of nitrogens with zero attached hydrogens (tertiary/aromatic N) is 1. The molecule has 0 aliphatic carbocycles. The molecule has 0 atom stereocenters. The number of carbonyl (C=O) groups excluding carboxylic acids is 2. The summed E-state index contributed by atoms with van der Waals surface area (Å²) in [6, 6.07) is 5.11. The first-order valence-electron chi connectivity index (χ1n) is 5.51. The number of nitro groups is 1. The Kier molecular flexibility index (Phi) is 5.21. The molecule has 20 heavy (non-hydrogen) atoms. The van der Waals surface area contributed by atoms with Gasteiger partial charge in [0.15, 0.2) is 0 Å². The second-order valence-corrected chi connectivity index (χ2v) is 3.73. The predicted molar refractivity (Wildman–Crippen MR) is 69.5 cm³/mol. The van der Waals surface area contributed by atoms with Crippen molar-refractivity contribution in [2.45, 2.75) is 6.92 Å². The Bertz CT molecular complexity index is 551. The number of carbonyl (C=O) groups is 2. The van der Waals surface area contributed by atoms with E-state index < -0.39 is 16.8 Å². The van der Waals surface area contributed by atoms with Gasteiger partial charge < -0.3 is 10.2 Å². The van der Waals surface area contributed by atoms with Crippen molar-refractivity contribution in [3.8, 4) is 0 Å². The number of hydrogen-bond donors (Lipinski definition) is 2. The van der Waals surface area contributed by atoms with Gasteiger partial charge in [-0.1, -0.05) is 0 Å². The third-order valence-electron chi connectivity index (χ3n) is 2.25. The van der Waals surface area contributed by atoms with Gasteiger partial charge in [-0.05, 0) is 19.1 Å². The molecule has 0 spiro atoms. The lowest BCUT2D eigenvalue weighted by atomic mass is 10.2. The highest BCUT2D eigenvalue weighted by Gasteiger charge is 2.09. The number of non-ortho nitro benzene ring substituents is 1. The van der Waals surface area contributed by atoms with Crippen LogP contribution in [0, 0.1) is 10.1 Å². The van der Waals surface area contributed by atoms with Crippen molar-refractivity contribution in [2.24, 2.45) is 0 Å². The van der Waals surface area contributed by atoms with E-state index in [1.165, 1.54) is 31.4 Å². The first-order chi connectivity index (χ1) is 9.43. The quantitative estimate of drug-likeness (QED) is 0.358. The van der Waals surface area contributed by atoms with Crippen molar-refractivity contribution in [3.05, 3.63) is 51.7 Å². The molecule has 8 nitrogen and oxygen atoms in total. The fourth-order valence-corrected chi connectivity index (χ4v) is 1.23. The van der Waals surface area contributed by atoms with E-state index in [-0.39, 0.29) is 11.3 Å². The van der Waals surface area contributed by atoms with Crippen molar-refractivity contribution in [1.29, 1.82) is 0 Å². The van der Waals surface area contributed by atoms with E-state index in [1.807, 2.05) is 0 Å². The van der Waals surface area contributed by atoms with E-state index in [1.54, 1.807) is 6.92 Å². The summed E-state index contributed by atoms with van der Waals surface area (Å²) in [6.07, 6.45) is 1.16. The molecule has 1 aromatic carbocycles. The second-order valence-electron chi connectivity index (χ2n) is 3.73. The molecule has 0 heterocycles. The number of nitro benzene ring substituents is 1. The molecule has 106 valence electrons. The Hall–Kier alpha value is -2.90. The summed E-state index contributed by atoms with van der Waals surface area (Å²) in [5.41, 5.74) is 5.38. The zero-order chi connectivity index (χ0) is 15.1. The van der Waals surface area contributed by atoms with Crippen LogP contribution in [0.3, 0.4) is 0 Å². The third kappa shape index (κ3) is 4.41. The van der Waals surface area contributed by atoms with Crippen molar-refractivity contribution >= 4 is 17.6 Å². The molecule has 1 aromatic rings. The number of esters is 1. The van der Waals surface area contributed by atoms with Crippen molar-refractivity contribution in [2.75, 3.05) is 7.11 Å². The molecule has 0 saturated carbocycles. The Morgan fingerprint density at radius 1 is 1.25 bits per heavy atom.